The maximum Gasteiger partial charge on any atom is 0.234 e. The summed E-state index contributed by atoms with van der Waals surface area (Å²) in [6.45, 7) is 8.29. The summed E-state index contributed by atoms with van der Waals surface area (Å²) in [5.74, 6) is 0.593. The van der Waals surface area contributed by atoms with Crippen molar-refractivity contribution in [2.75, 3.05) is 20.1 Å². The van der Waals surface area contributed by atoms with Crippen molar-refractivity contribution < 1.29 is 4.79 Å². The minimum atomic E-state index is 0.0970. The van der Waals surface area contributed by atoms with Gasteiger partial charge in [-0.25, -0.2) is 0 Å². The first-order chi connectivity index (χ1) is 8.49. The number of amides is 1. The number of benzene rings is 1. The minimum absolute atomic E-state index is 0.0970. The zero-order valence-corrected chi connectivity index (χ0v) is 11.9. The van der Waals surface area contributed by atoms with E-state index in [1.54, 1.807) is 0 Å². The van der Waals surface area contributed by atoms with Crippen LogP contribution in [0.15, 0.2) is 24.3 Å². The van der Waals surface area contributed by atoms with Crippen molar-refractivity contribution in [2.24, 2.45) is 5.92 Å². The van der Waals surface area contributed by atoms with Gasteiger partial charge in [-0.1, -0.05) is 38.1 Å². The molecule has 3 heteroatoms. The first-order valence-electron chi connectivity index (χ1n) is 6.48. The molecule has 1 amide bonds. The van der Waals surface area contributed by atoms with Crippen molar-refractivity contribution in [3.63, 3.8) is 0 Å². The Kier molecular flexibility index (Phi) is 5.86. The molecule has 1 N–H and O–H groups in total. The minimum Gasteiger partial charge on any atom is -0.355 e. The third-order valence-corrected chi connectivity index (χ3v) is 2.82. The second-order valence-electron chi connectivity index (χ2n) is 5.30. The van der Waals surface area contributed by atoms with Gasteiger partial charge in [0.25, 0.3) is 0 Å². The van der Waals surface area contributed by atoms with Gasteiger partial charge in [0.1, 0.15) is 0 Å². The molecule has 0 spiro atoms. The summed E-state index contributed by atoms with van der Waals surface area (Å²) in [5.41, 5.74) is 2.54. The van der Waals surface area contributed by atoms with Gasteiger partial charge in [-0.2, -0.15) is 0 Å². The maximum absolute atomic E-state index is 11.7. The maximum atomic E-state index is 11.7. The number of nitrogens with one attached hydrogen (secondary N) is 1. The van der Waals surface area contributed by atoms with Gasteiger partial charge < -0.3 is 5.32 Å². The van der Waals surface area contributed by atoms with Crippen LogP contribution in [0.1, 0.15) is 25.0 Å². The number of hydrogen-bond acceptors (Lipinski definition) is 2. The summed E-state index contributed by atoms with van der Waals surface area (Å²) < 4.78 is 0. The fourth-order valence-electron chi connectivity index (χ4n) is 1.75. The predicted molar refractivity (Wildman–Crippen MR) is 75.4 cm³/mol. The van der Waals surface area contributed by atoms with E-state index in [0.717, 1.165) is 13.1 Å². The molecule has 100 valence electrons. The quantitative estimate of drug-likeness (QED) is 0.837. The van der Waals surface area contributed by atoms with Gasteiger partial charge in [-0.05, 0) is 31.0 Å². The number of nitrogens with zero attached hydrogens (tertiary/aromatic N) is 1. The molecule has 3 nitrogen and oxygen atoms in total. The number of carbonyl (C=O) groups is 1. The normalized spacial score (nSPS) is 11.0. The molecule has 0 aliphatic heterocycles. The second kappa shape index (κ2) is 7.17. The highest BCUT2D eigenvalue weighted by Gasteiger charge is 2.08. The molecule has 0 saturated carbocycles. The van der Waals surface area contributed by atoms with E-state index in [0.29, 0.717) is 12.5 Å². The lowest BCUT2D eigenvalue weighted by molar-refractivity contribution is -0.122. The first-order valence-corrected chi connectivity index (χ1v) is 6.48. The summed E-state index contributed by atoms with van der Waals surface area (Å²) in [4.78, 5) is 13.7. The van der Waals surface area contributed by atoms with Crippen LogP contribution in [0.3, 0.4) is 0 Å². The lowest BCUT2D eigenvalue weighted by Crippen LogP contribution is -2.36. The Morgan fingerprint density at radius 1 is 1.33 bits per heavy atom. The van der Waals surface area contributed by atoms with Gasteiger partial charge in [0.15, 0.2) is 0 Å². The Bertz CT molecular complexity index is 388. The van der Waals surface area contributed by atoms with E-state index >= 15 is 0 Å². The van der Waals surface area contributed by atoms with Gasteiger partial charge in [0.2, 0.25) is 5.91 Å². The fourth-order valence-corrected chi connectivity index (χ4v) is 1.75. The third kappa shape index (κ3) is 5.32. The van der Waals surface area contributed by atoms with E-state index in [-0.39, 0.29) is 5.91 Å². The first kappa shape index (κ1) is 14.7. The van der Waals surface area contributed by atoms with E-state index in [9.17, 15) is 4.79 Å². The lowest BCUT2D eigenvalue weighted by Gasteiger charge is -2.18. The summed E-state index contributed by atoms with van der Waals surface area (Å²) in [5, 5.41) is 2.93. The van der Waals surface area contributed by atoms with Crippen LogP contribution in [-0.4, -0.2) is 30.9 Å². The number of rotatable bonds is 6. The average molecular weight is 248 g/mol. The van der Waals surface area contributed by atoms with Crippen molar-refractivity contribution >= 4 is 5.91 Å². The van der Waals surface area contributed by atoms with Crippen molar-refractivity contribution in [1.82, 2.24) is 10.2 Å². The predicted octanol–water partition coefficient (Wildman–Crippen LogP) is 2.20. The van der Waals surface area contributed by atoms with Crippen molar-refractivity contribution in [1.29, 1.82) is 0 Å². The Balaban J connectivity index is 2.40. The van der Waals surface area contributed by atoms with Crippen LogP contribution in [0.2, 0.25) is 0 Å². The van der Waals surface area contributed by atoms with Crippen LogP contribution in [0.25, 0.3) is 0 Å². The highest BCUT2D eigenvalue weighted by Crippen LogP contribution is 2.08. The zero-order valence-electron chi connectivity index (χ0n) is 11.9. The molecule has 0 heterocycles. The van der Waals surface area contributed by atoms with E-state index in [1.807, 2.05) is 24.1 Å². The molecule has 0 radical (unpaired) electrons. The topological polar surface area (TPSA) is 32.3 Å². The number of carbonyl (C=O) groups excluding carboxylic acids is 1. The number of hydrogen-bond donors (Lipinski definition) is 1. The Morgan fingerprint density at radius 2 is 2.00 bits per heavy atom. The molecular weight excluding hydrogens is 224 g/mol. The molecule has 1 aromatic rings. The van der Waals surface area contributed by atoms with Crippen LogP contribution < -0.4 is 5.32 Å². The largest absolute Gasteiger partial charge is 0.355 e. The van der Waals surface area contributed by atoms with Crippen LogP contribution in [0.4, 0.5) is 0 Å². The van der Waals surface area contributed by atoms with Gasteiger partial charge in [-0.3, -0.25) is 9.69 Å². The summed E-state index contributed by atoms with van der Waals surface area (Å²) >= 11 is 0. The molecule has 0 bridgehead atoms. The van der Waals surface area contributed by atoms with Gasteiger partial charge in [-0.15, -0.1) is 0 Å². The van der Waals surface area contributed by atoms with Gasteiger partial charge in [0.05, 0.1) is 6.54 Å². The zero-order chi connectivity index (χ0) is 13.5. The SMILES string of the molecule is Cc1ccccc1CN(C)CC(=O)NCC(C)C. The fraction of sp³-hybridized carbons (Fsp3) is 0.533. The molecule has 0 fully saturated rings. The molecule has 1 aromatic carbocycles. The number of likely N-dealkylation sites (N-methyl/N-ethyl adjacent to an activating group) is 1. The van der Waals surface area contributed by atoms with E-state index < -0.39 is 0 Å². The molecule has 0 saturated heterocycles. The van der Waals surface area contributed by atoms with E-state index in [2.05, 4.69) is 38.2 Å². The molecule has 0 aliphatic rings. The van der Waals surface area contributed by atoms with Crippen LogP contribution >= 0.6 is 0 Å². The Hall–Kier alpha value is -1.35. The highest BCUT2D eigenvalue weighted by atomic mass is 16.2. The monoisotopic (exact) mass is 248 g/mol. The van der Waals surface area contributed by atoms with Gasteiger partial charge in [0, 0.05) is 13.1 Å². The summed E-state index contributed by atoms with van der Waals surface area (Å²) in [7, 11) is 1.97. The van der Waals surface area contributed by atoms with Crippen molar-refractivity contribution in [3.8, 4) is 0 Å². The van der Waals surface area contributed by atoms with E-state index in [1.165, 1.54) is 11.1 Å². The summed E-state index contributed by atoms with van der Waals surface area (Å²) in [6, 6.07) is 8.28. The lowest BCUT2D eigenvalue weighted by atomic mass is 10.1. The second-order valence-corrected chi connectivity index (χ2v) is 5.30. The van der Waals surface area contributed by atoms with Crippen molar-refractivity contribution in [3.05, 3.63) is 35.4 Å². The molecule has 0 atom stereocenters. The standard InChI is InChI=1S/C15H24N2O/c1-12(2)9-16-15(18)11-17(4)10-14-8-6-5-7-13(14)3/h5-8,12H,9-11H2,1-4H3,(H,16,18). The molecular formula is C15H24N2O. The van der Waals surface area contributed by atoms with E-state index in [4.69, 9.17) is 0 Å². The molecule has 0 aliphatic carbocycles. The Morgan fingerprint density at radius 3 is 2.61 bits per heavy atom. The van der Waals surface area contributed by atoms with Crippen molar-refractivity contribution in [2.45, 2.75) is 27.3 Å². The number of aryl methyl sites for hydroxylation is 1. The highest BCUT2D eigenvalue weighted by molar-refractivity contribution is 5.77. The van der Waals surface area contributed by atoms with Gasteiger partial charge >= 0.3 is 0 Å². The van der Waals surface area contributed by atoms with Crippen LogP contribution in [0.5, 0.6) is 0 Å². The molecule has 0 aromatic heterocycles. The average Bonchev–Trinajstić information content (AvgIpc) is 2.29. The Labute approximate surface area is 110 Å². The van der Waals surface area contributed by atoms with Crippen LogP contribution in [0, 0.1) is 12.8 Å². The molecule has 18 heavy (non-hydrogen) atoms. The molecule has 0 unspecified atom stereocenters. The summed E-state index contributed by atoms with van der Waals surface area (Å²) in [6.07, 6.45) is 0. The third-order valence-electron chi connectivity index (χ3n) is 2.82. The van der Waals surface area contributed by atoms with Crippen LogP contribution in [-0.2, 0) is 11.3 Å². The molecule has 1 rings (SSSR count). The smallest absolute Gasteiger partial charge is 0.234 e.